The van der Waals surface area contributed by atoms with Crippen molar-refractivity contribution in [1.82, 2.24) is 14.9 Å². The zero-order valence-electron chi connectivity index (χ0n) is 15.9. The lowest BCUT2D eigenvalue weighted by atomic mass is 9.93. The van der Waals surface area contributed by atoms with Gasteiger partial charge in [0.05, 0.1) is 12.8 Å². The van der Waals surface area contributed by atoms with E-state index in [1.807, 2.05) is 41.3 Å². The van der Waals surface area contributed by atoms with Crippen molar-refractivity contribution in [1.29, 1.82) is 0 Å². The van der Waals surface area contributed by atoms with E-state index in [0.29, 0.717) is 12.1 Å². The molecule has 4 rings (SSSR count). The first-order valence-corrected chi connectivity index (χ1v) is 9.56. The summed E-state index contributed by atoms with van der Waals surface area (Å²) in [4.78, 5) is 23.7. The van der Waals surface area contributed by atoms with Crippen LogP contribution in [0.1, 0.15) is 34.8 Å². The fourth-order valence-corrected chi connectivity index (χ4v) is 3.77. The van der Waals surface area contributed by atoms with Crippen molar-refractivity contribution >= 4 is 5.91 Å². The normalized spacial score (nSPS) is 16.6. The first kappa shape index (κ1) is 18.2. The van der Waals surface area contributed by atoms with Gasteiger partial charge in [0, 0.05) is 48.2 Å². The Morgan fingerprint density at radius 2 is 1.89 bits per heavy atom. The second-order valence-electron chi connectivity index (χ2n) is 6.97. The largest absolute Gasteiger partial charge is 0.496 e. The molecular formula is C23H23N3O2. The summed E-state index contributed by atoms with van der Waals surface area (Å²) in [5, 5.41) is 0. The smallest absolute Gasteiger partial charge is 0.253 e. The lowest BCUT2D eigenvalue weighted by molar-refractivity contribution is 0.0706. The van der Waals surface area contributed by atoms with E-state index in [-0.39, 0.29) is 11.8 Å². The molecule has 0 unspecified atom stereocenters. The van der Waals surface area contributed by atoms with Crippen LogP contribution in [0.15, 0.2) is 67.0 Å². The van der Waals surface area contributed by atoms with Crippen molar-refractivity contribution in [3.63, 3.8) is 0 Å². The minimum Gasteiger partial charge on any atom is -0.496 e. The third-order valence-corrected chi connectivity index (χ3v) is 5.21. The maximum absolute atomic E-state index is 12.8. The molecular weight excluding hydrogens is 350 g/mol. The van der Waals surface area contributed by atoms with Crippen LogP contribution < -0.4 is 4.74 Å². The van der Waals surface area contributed by atoms with Gasteiger partial charge in [0.25, 0.3) is 5.91 Å². The molecule has 2 aromatic heterocycles. The number of pyridine rings is 2. The van der Waals surface area contributed by atoms with Crippen molar-refractivity contribution in [3.05, 3.63) is 78.2 Å². The number of benzene rings is 1. The summed E-state index contributed by atoms with van der Waals surface area (Å²) < 4.78 is 5.48. The van der Waals surface area contributed by atoms with Crippen LogP contribution in [0.2, 0.25) is 0 Å². The van der Waals surface area contributed by atoms with Gasteiger partial charge in [-0.15, -0.1) is 0 Å². The van der Waals surface area contributed by atoms with Crippen LogP contribution in [0.5, 0.6) is 5.75 Å². The number of hydrogen-bond acceptors (Lipinski definition) is 4. The Hall–Kier alpha value is -3.21. The van der Waals surface area contributed by atoms with E-state index >= 15 is 0 Å². The predicted octanol–water partition coefficient (Wildman–Crippen LogP) is 4.17. The van der Waals surface area contributed by atoms with Crippen LogP contribution >= 0.6 is 0 Å². The van der Waals surface area contributed by atoms with Crippen LogP contribution in [-0.4, -0.2) is 41.0 Å². The van der Waals surface area contributed by atoms with Gasteiger partial charge >= 0.3 is 0 Å². The number of carbonyl (C=O) groups is 1. The van der Waals surface area contributed by atoms with Crippen LogP contribution in [0.4, 0.5) is 0 Å². The van der Waals surface area contributed by atoms with Crippen LogP contribution in [-0.2, 0) is 0 Å². The van der Waals surface area contributed by atoms with Gasteiger partial charge in [-0.25, -0.2) is 0 Å². The lowest BCUT2D eigenvalue weighted by Gasteiger charge is -2.32. The SMILES string of the molecule is COc1ccccc1-c1cccc([C@@H]2CCCN(C(=O)c3ccncc3)C2)n1. The molecule has 3 aromatic rings. The molecule has 5 heteroatoms. The van der Waals surface area contributed by atoms with E-state index in [1.165, 1.54) is 0 Å². The molecule has 5 nitrogen and oxygen atoms in total. The summed E-state index contributed by atoms with van der Waals surface area (Å²) in [6, 6.07) is 17.5. The summed E-state index contributed by atoms with van der Waals surface area (Å²) in [5.41, 5.74) is 3.59. The number of nitrogens with zero attached hydrogens (tertiary/aromatic N) is 3. The Kier molecular flexibility index (Phi) is 5.33. The molecule has 0 spiro atoms. The van der Waals surface area contributed by atoms with Gasteiger partial charge in [0.2, 0.25) is 0 Å². The first-order chi connectivity index (χ1) is 13.8. The van der Waals surface area contributed by atoms with Gasteiger partial charge in [0.1, 0.15) is 5.75 Å². The molecule has 0 N–H and O–H groups in total. The number of rotatable bonds is 4. The highest BCUT2D eigenvalue weighted by atomic mass is 16.5. The average molecular weight is 373 g/mol. The molecule has 1 atom stereocenters. The van der Waals surface area contributed by atoms with E-state index in [0.717, 1.165) is 42.1 Å². The Morgan fingerprint density at radius 3 is 2.71 bits per heavy atom. The van der Waals surface area contributed by atoms with E-state index < -0.39 is 0 Å². The molecule has 0 radical (unpaired) electrons. The van der Waals surface area contributed by atoms with Crippen LogP contribution in [0, 0.1) is 0 Å². The van der Waals surface area contributed by atoms with Crippen molar-refractivity contribution in [3.8, 4) is 17.0 Å². The quantitative estimate of drug-likeness (QED) is 0.689. The van der Waals surface area contributed by atoms with Gasteiger partial charge in [-0.1, -0.05) is 18.2 Å². The van der Waals surface area contributed by atoms with Crippen LogP contribution in [0.25, 0.3) is 11.3 Å². The zero-order chi connectivity index (χ0) is 19.3. The van der Waals surface area contributed by atoms with Gasteiger partial charge in [0.15, 0.2) is 0 Å². The van der Waals surface area contributed by atoms with Crippen molar-refractivity contribution < 1.29 is 9.53 Å². The molecule has 1 aromatic carbocycles. The monoisotopic (exact) mass is 373 g/mol. The molecule has 0 saturated carbocycles. The fraction of sp³-hybridized carbons (Fsp3) is 0.261. The molecule has 0 bridgehead atoms. The second-order valence-corrected chi connectivity index (χ2v) is 6.97. The molecule has 142 valence electrons. The van der Waals surface area contributed by atoms with Gasteiger partial charge in [-0.2, -0.15) is 0 Å². The summed E-state index contributed by atoms with van der Waals surface area (Å²) in [5.74, 6) is 1.10. The first-order valence-electron chi connectivity index (χ1n) is 9.56. The van der Waals surface area contributed by atoms with Crippen molar-refractivity contribution in [2.24, 2.45) is 0 Å². The summed E-state index contributed by atoms with van der Waals surface area (Å²) >= 11 is 0. The average Bonchev–Trinajstić information content (AvgIpc) is 2.79. The highest BCUT2D eigenvalue weighted by molar-refractivity contribution is 5.94. The standard InChI is InChI=1S/C23H23N3O2/c1-28-22-10-3-2-7-19(22)21-9-4-8-20(25-21)18-6-5-15-26(16-18)23(27)17-11-13-24-14-12-17/h2-4,7-14,18H,5-6,15-16H2,1H3/t18-/m1/s1. The number of amides is 1. The van der Waals surface area contributed by atoms with Crippen LogP contribution in [0.3, 0.4) is 0 Å². The van der Waals surface area contributed by atoms with Crippen molar-refractivity contribution in [2.75, 3.05) is 20.2 Å². The molecule has 28 heavy (non-hydrogen) atoms. The molecule has 1 amide bonds. The number of piperidine rings is 1. The van der Waals surface area contributed by atoms with E-state index in [9.17, 15) is 4.79 Å². The minimum atomic E-state index is 0.0629. The maximum atomic E-state index is 12.8. The summed E-state index contributed by atoms with van der Waals surface area (Å²) in [6.07, 6.45) is 5.32. The van der Waals surface area contributed by atoms with Gasteiger partial charge in [-0.3, -0.25) is 14.8 Å². The molecule has 1 aliphatic heterocycles. The number of para-hydroxylation sites is 1. The number of aromatic nitrogens is 2. The Morgan fingerprint density at radius 1 is 1.07 bits per heavy atom. The topological polar surface area (TPSA) is 55.3 Å². The fourth-order valence-electron chi connectivity index (χ4n) is 3.77. The molecule has 1 aliphatic rings. The van der Waals surface area contributed by atoms with E-state index in [2.05, 4.69) is 11.1 Å². The molecule has 0 aliphatic carbocycles. The highest BCUT2D eigenvalue weighted by Gasteiger charge is 2.26. The molecule has 1 fully saturated rings. The summed E-state index contributed by atoms with van der Waals surface area (Å²) in [7, 11) is 1.67. The van der Waals surface area contributed by atoms with Gasteiger partial charge < -0.3 is 9.64 Å². The number of ether oxygens (including phenoxy) is 1. The Bertz CT molecular complexity index is 959. The number of methoxy groups -OCH3 is 1. The Balaban J connectivity index is 1.57. The third kappa shape index (κ3) is 3.74. The van der Waals surface area contributed by atoms with Gasteiger partial charge in [-0.05, 0) is 49.2 Å². The molecule has 1 saturated heterocycles. The highest BCUT2D eigenvalue weighted by Crippen LogP contribution is 2.31. The third-order valence-electron chi connectivity index (χ3n) is 5.21. The minimum absolute atomic E-state index is 0.0629. The number of hydrogen-bond donors (Lipinski definition) is 0. The second kappa shape index (κ2) is 8.21. The molecule has 3 heterocycles. The zero-order valence-corrected chi connectivity index (χ0v) is 15.9. The Labute approximate surface area is 165 Å². The lowest BCUT2D eigenvalue weighted by Crippen LogP contribution is -2.39. The van der Waals surface area contributed by atoms with Crippen molar-refractivity contribution in [2.45, 2.75) is 18.8 Å². The van der Waals surface area contributed by atoms with E-state index in [1.54, 1.807) is 31.6 Å². The predicted molar refractivity (Wildman–Crippen MR) is 108 cm³/mol. The number of carbonyl (C=O) groups excluding carboxylic acids is 1. The summed E-state index contributed by atoms with van der Waals surface area (Å²) in [6.45, 7) is 1.47. The van der Waals surface area contributed by atoms with E-state index in [4.69, 9.17) is 9.72 Å². The number of likely N-dealkylation sites (tertiary alicyclic amines) is 1. The maximum Gasteiger partial charge on any atom is 0.253 e.